The molecule has 1 atom stereocenters. The highest BCUT2D eigenvalue weighted by molar-refractivity contribution is 7.99. The molecule has 0 amide bonds. The minimum Gasteiger partial charge on any atom is -0.333 e. The van der Waals surface area contributed by atoms with Gasteiger partial charge in [0.25, 0.3) is 0 Å². The molecule has 1 unspecified atom stereocenters. The topological polar surface area (TPSA) is 47.1 Å². The van der Waals surface area contributed by atoms with E-state index in [0.717, 1.165) is 26.2 Å². The fourth-order valence-corrected chi connectivity index (χ4v) is 4.27. The van der Waals surface area contributed by atoms with Crippen LogP contribution < -0.4 is 5.73 Å². The van der Waals surface area contributed by atoms with Crippen molar-refractivity contribution in [3.8, 4) is 0 Å². The lowest BCUT2D eigenvalue weighted by molar-refractivity contribution is 0.0712. The van der Waals surface area contributed by atoms with Gasteiger partial charge in [-0.25, -0.2) is 4.98 Å². The van der Waals surface area contributed by atoms with Crippen LogP contribution in [0.4, 0.5) is 0 Å². The van der Waals surface area contributed by atoms with Gasteiger partial charge in [-0.2, -0.15) is 11.8 Å². The summed E-state index contributed by atoms with van der Waals surface area (Å²) in [5, 5.41) is 0. The average Bonchev–Trinajstić information content (AvgIpc) is 2.86. The molecule has 3 rings (SSSR count). The standard InChI is InChI=1S/C12H20N4S/c13-9-12(2-1-7-17-10-12)16-6-5-15-4-3-14-11(15)8-16/h3-4H,1-2,5-10,13H2. The van der Waals surface area contributed by atoms with Gasteiger partial charge in [-0.3, -0.25) is 4.90 Å². The Kier molecular flexibility index (Phi) is 3.15. The first kappa shape index (κ1) is 11.6. The van der Waals surface area contributed by atoms with Crippen molar-refractivity contribution in [3.05, 3.63) is 18.2 Å². The summed E-state index contributed by atoms with van der Waals surface area (Å²) in [4.78, 5) is 7.01. The van der Waals surface area contributed by atoms with Gasteiger partial charge in [0.15, 0.2) is 0 Å². The second-order valence-electron chi connectivity index (χ2n) is 5.04. The van der Waals surface area contributed by atoms with Gasteiger partial charge in [-0.05, 0) is 18.6 Å². The molecule has 1 aromatic rings. The van der Waals surface area contributed by atoms with E-state index in [1.165, 1.54) is 30.2 Å². The molecule has 4 nitrogen and oxygen atoms in total. The molecular weight excluding hydrogens is 232 g/mol. The summed E-state index contributed by atoms with van der Waals surface area (Å²) in [6.07, 6.45) is 6.53. The third-order valence-corrected chi connectivity index (χ3v) is 5.42. The van der Waals surface area contributed by atoms with E-state index in [0.29, 0.717) is 0 Å². The summed E-state index contributed by atoms with van der Waals surface area (Å²) >= 11 is 2.05. The minimum atomic E-state index is 0.222. The second-order valence-corrected chi connectivity index (χ2v) is 6.15. The molecule has 0 spiro atoms. The molecule has 94 valence electrons. The molecule has 2 aliphatic heterocycles. The van der Waals surface area contributed by atoms with E-state index in [1.54, 1.807) is 0 Å². The Balaban J connectivity index is 1.80. The molecule has 0 aliphatic carbocycles. The summed E-state index contributed by atoms with van der Waals surface area (Å²) in [7, 11) is 0. The summed E-state index contributed by atoms with van der Waals surface area (Å²) in [6.45, 7) is 3.91. The van der Waals surface area contributed by atoms with Gasteiger partial charge in [-0.1, -0.05) is 0 Å². The molecule has 17 heavy (non-hydrogen) atoms. The first-order valence-electron chi connectivity index (χ1n) is 6.37. The van der Waals surface area contributed by atoms with E-state index in [-0.39, 0.29) is 5.54 Å². The van der Waals surface area contributed by atoms with E-state index in [4.69, 9.17) is 5.73 Å². The summed E-state index contributed by atoms with van der Waals surface area (Å²) in [5.41, 5.74) is 6.30. The number of rotatable bonds is 2. The number of fused-ring (bicyclic) bond motifs is 1. The average molecular weight is 252 g/mol. The lowest BCUT2D eigenvalue weighted by atomic mass is 9.92. The van der Waals surface area contributed by atoms with Crippen molar-refractivity contribution in [2.75, 3.05) is 24.6 Å². The Morgan fingerprint density at radius 3 is 3.18 bits per heavy atom. The van der Waals surface area contributed by atoms with E-state index >= 15 is 0 Å². The number of hydrogen-bond donors (Lipinski definition) is 1. The van der Waals surface area contributed by atoms with E-state index in [9.17, 15) is 0 Å². The maximum absolute atomic E-state index is 6.08. The van der Waals surface area contributed by atoms with E-state index in [2.05, 4.69) is 32.4 Å². The quantitative estimate of drug-likeness (QED) is 0.850. The fourth-order valence-electron chi connectivity index (χ4n) is 2.96. The largest absolute Gasteiger partial charge is 0.333 e. The molecule has 1 aromatic heterocycles. The Bertz CT molecular complexity index is 384. The van der Waals surface area contributed by atoms with Gasteiger partial charge in [0, 0.05) is 43.3 Å². The molecule has 2 N–H and O–H groups in total. The molecule has 0 bridgehead atoms. The van der Waals surface area contributed by atoms with E-state index < -0.39 is 0 Å². The number of hydrogen-bond acceptors (Lipinski definition) is 4. The minimum absolute atomic E-state index is 0.222. The highest BCUT2D eigenvalue weighted by atomic mass is 32.2. The third kappa shape index (κ3) is 2.00. The normalized spacial score (nSPS) is 30.2. The van der Waals surface area contributed by atoms with Crippen LogP contribution in [-0.4, -0.2) is 44.6 Å². The maximum Gasteiger partial charge on any atom is 0.122 e. The number of aromatic nitrogens is 2. The summed E-state index contributed by atoms with van der Waals surface area (Å²) in [6, 6.07) is 0. The first-order valence-corrected chi connectivity index (χ1v) is 7.52. The van der Waals surface area contributed by atoms with Crippen molar-refractivity contribution in [1.82, 2.24) is 14.5 Å². The van der Waals surface area contributed by atoms with Crippen molar-refractivity contribution >= 4 is 11.8 Å². The molecule has 0 radical (unpaired) electrons. The van der Waals surface area contributed by atoms with Crippen molar-refractivity contribution in [3.63, 3.8) is 0 Å². The number of nitrogens with two attached hydrogens (primary N) is 1. The van der Waals surface area contributed by atoms with Gasteiger partial charge in [0.1, 0.15) is 5.82 Å². The zero-order chi connectivity index (χ0) is 11.7. The Morgan fingerprint density at radius 1 is 1.47 bits per heavy atom. The molecule has 5 heteroatoms. The van der Waals surface area contributed by atoms with Gasteiger partial charge in [-0.15, -0.1) is 0 Å². The third-order valence-electron chi connectivity index (χ3n) is 4.10. The van der Waals surface area contributed by atoms with Crippen LogP contribution in [-0.2, 0) is 13.1 Å². The highest BCUT2D eigenvalue weighted by Gasteiger charge is 2.38. The lowest BCUT2D eigenvalue weighted by Gasteiger charge is -2.47. The Labute approximate surface area is 107 Å². The van der Waals surface area contributed by atoms with Crippen LogP contribution >= 0.6 is 11.8 Å². The van der Waals surface area contributed by atoms with Crippen LogP contribution in [0.2, 0.25) is 0 Å². The maximum atomic E-state index is 6.08. The van der Waals surface area contributed by atoms with Gasteiger partial charge >= 0.3 is 0 Å². The van der Waals surface area contributed by atoms with Crippen LogP contribution in [0.15, 0.2) is 12.4 Å². The van der Waals surface area contributed by atoms with Gasteiger partial charge in [0.2, 0.25) is 0 Å². The SMILES string of the molecule is NCC1(N2CCn3ccnc3C2)CCCSC1. The monoisotopic (exact) mass is 252 g/mol. The second kappa shape index (κ2) is 4.63. The molecule has 1 saturated heterocycles. The van der Waals surface area contributed by atoms with Crippen molar-refractivity contribution < 1.29 is 0 Å². The zero-order valence-electron chi connectivity index (χ0n) is 10.1. The summed E-state index contributed by atoms with van der Waals surface area (Å²) < 4.78 is 2.26. The zero-order valence-corrected chi connectivity index (χ0v) is 11.0. The van der Waals surface area contributed by atoms with Crippen LogP contribution in [0.1, 0.15) is 18.7 Å². The molecule has 2 aliphatic rings. The smallest absolute Gasteiger partial charge is 0.122 e. The molecule has 1 fully saturated rings. The van der Waals surface area contributed by atoms with Crippen molar-refractivity contribution in [2.24, 2.45) is 5.73 Å². The van der Waals surface area contributed by atoms with Crippen molar-refractivity contribution in [2.45, 2.75) is 31.5 Å². The predicted octanol–water partition coefficient (Wildman–Crippen LogP) is 0.923. The predicted molar refractivity (Wildman–Crippen MR) is 71.0 cm³/mol. The molecule has 0 saturated carbocycles. The van der Waals surface area contributed by atoms with Crippen LogP contribution in [0.5, 0.6) is 0 Å². The van der Waals surface area contributed by atoms with Crippen molar-refractivity contribution in [1.29, 1.82) is 0 Å². The van der Waals surface area contributed by atoms with Crippen LogP contribution in [0, 0.1) is 0 Å². The molecular formula is C12H20N4S. The Morgan fingerprint density at radius 2 is 2.41 bits per heavy atom. The number of imidazole rings is 1. The number of thioether (sulfide) groups is 1. The fraction of sp³-hybridized carbons (Fsp3) is 0.750. The van der Waals surface area contributed by atoms with Crippen LogP contribution in [0.3, 0.4) is 0 Å². The first-order chi connectivity index (χ1) is 8.34. The summed E-state index contributed by atoms with van der Waals surface area (Å²) in [5.74, 6) is 3.67. The van der Waals surface area contributed by atoms with Gasteiger partial charge in [0.05, 0.1) is 6.54 Å². The lowest BCUT2D eigenvalue weighted by Crippen LogP contribution is -2.58. The number of nitrogens with zero attached hydrogens (tertiary/aromatic N) is 3. The van der Waals surface area contributed by atoms with E-state index in [1.807, 2.05) is 6.20 Å². The van der Waals surface area contributed by atoms with Crippen LogP contribution in [0.25, 0.3) is 0 Å². The molecule has 0 aromatic carbocycles. The highest BCUT2D eigenvalue weighted by Crippen LogP contribution is 2.33. The Hall–Kier alpha value is -0.520. The molecule has 3 heterocycles. The van der Waals surface area contributed by atoms with Gasteiger partial charge < -0.3 is 10.3 Å².